The largest absolute Gasteiger partial charge is 0.179 e. The molecule has 0 N–H and O–H groups in total. The maximum absolute atomic E-state index is 6.70. The van der Waals surface area contributed by atoms with Gasteiger partial charge in [-0.2, -0.15) is 11.1 Å². The molecule has 0 heterocycles. The van der Waals surface area contributed by atoms with Gasteiger partial charge < -0.3 is 0 Å². The average molecular weight is 261 g/mol. The first-order valence-corrected chi connectivity index (χ1v) is 10.5. The molecule has 0 unspecified atom stereocenters. The van der Waals surface area contributed by atoms with Gasteiger partial charge >= 0.3 is 0 Å². The number of halogens is 1. The minimum atomic E-state index is -1.59. The Morgan fingerprint density at radius 1 is 0.875 bits per heavy atom. The quantitative estimate of drug-likeness (QED) is 0.241. The van der Waals surface area contributed by atoms with Crippen molar-refractivity contribution >= 4 is 18.5 Å². The van der Waals surface area contributed by atoms with Crippen molar-refractivity contribution in [3.05, 3.63) is 12.3 Å². The van der Waals surface area contributed by atoms with Crippen LogP contribution < -0.4 is 0 Å². The first kappa shape index (κ1) is 16.2. The van der Waals surface area contributed by atoms with Gasteiger partial charge in [0.05, 0.1) is 0 Å². The molecule has 0 saturated heterocycles. The summed E-state index contributed by atoms with van der Waals surface area (Å²) in [5, 5.41) is 0. The summed E-state index contributed by atoms with van der Waals surface area (Å²) in [6.07, 6.45) is 10.6. The number of unbranched alkanes of at least 4 members (excludes halogenated alkanes) is 6. The predicted octanol–water partition coefficient (Wildman–Crippen LogP) is 6.06. The van der Waals surface area contributed by atoms with Gasteiger partial charge in [-0.15, -0.1) is 6.58 Å². The molecule has 0 aliphatic heterocycles. The molecule has 0 spiro atoms. The van der Waals surface area contributed by atoms with Crippen LogP contribution >= 0.6 is 11.1 Å². The van der Waals surface area contributed by atoms with Crippen molar-refractivity contribution in [3.8, 4) is 0 Å². The number of hydrogen-bond acceptors (Lipinski definition) is 0. The Balaban J connectivity index is 3.68. The summed E-state index contributed by atoms with van der Waals surface area (Å²) in [5.74, 6) is 0. The van der Waals surface area contributed by atoms with Gasteiger partial charge in [-0.3, -0.25) is 0 Å². The van der Waals surface area contributed by atoms with E-state index in [1.165, 1.54) is 63.5 Å². The molecule has 0 amide bonds. The zero-order valence-corrected chi connectivity index (χ0v) is 13.0. The minimum absolute atomic E-state index is 1.24. The highest BCUT2D eigenvalue weighted by molar-refractivity contribution is 7.23. The van der Waals surface area contributed by atoms with Crippen LogP contribution in [0.1, 0.15) is 65.2 Å². The average Bonchev–Trinajstić information content (AvgIpc) is 2.31. The summed E-state index contributed by atoms with van der Waals surface area (Å²) in [4.78, 5) is 0. The third-order valence-corrected chi connectivity index (χ3v) is 7.96. The maximum Gasteiger partial charge on any atom is 0.179 e. The Bertz CT molecular complexity index is 156. The standard InChI is InChI=1S/C14H29ClSi/c1-4-7-9-11-13-16(15,6-3)14-12-10-8-5-2/h6H,3-5,7-14H2,1-2H3. The molecule has 0 nitrogen and oxygen atoms in total. The van der Waals surface area contributed by atoms with Crippen molar-refractivity contribution < 1.29 is 0 Å². The van der Waals surface area contributed by atoms with Crippen molar-refractivity contribution in [2.24, 2.45) is 0 Å². The van der Waals surface area contributed by atoms with E-state index < -0.39 is 7.38 Å². The van der Waals surface area contributed by atoms with Crippen LogP contribution in [0, 0.1) is 0 Å². The van der Waals surface area contributed by atoms with E-state index in [9.17, 15) is 0 Å². The van der Waals surface area contributed by atoms with E-state index in [-0.39, 0.29) is 0 Å². The molecule has 96 valence electrons. The second kappa shape index (κ2) is 10.4. The van der Waals surface area contributed by atoms with E-state index in [1.807, 2.05) is 0 Å². The minimum Gasteiger partial charge on any atom is -0.162 e. The number of rotatable bonds is 11. The molecule has 0 fully saturated rings. The smallest absolute Gasteiger partial charge is 0.162 e. The SMILES string of the molecule is C=C[Si](Cl)(CCCCCC)CCCCCC. The third kappa shape index (κ3) is 8.40. The summed E-state index contributed by atoms with van der Waals surface area (Å²) in [5.41, 5.74) is 2.10. The van der Waals surface area contributed by atoms with Gasteiger partial charge in [-0.05, 0) is 12.1 Å². The van der Waals surface area contributed by atoms with Crippen LogP contribution in [0.15, 0.2) is 12.3 Å². The van der Waals surface area contributed by atoms with Crippen molar-refractivity contribution in [1.29, 1.82) is 0 Å². The van der Waals surface area contributed by atoms with E-state index in [1.54, 1.807) is 0 Å². The molecule has 0 aromatic heterocycles. The monoisotopic (exact) mass is 260 g/mol. The van der Waals surface area contributed by atoms with E-state index in [4.69, 9.17) is 11.1 Å². The molecular formula is C14H29ClSi. The van der Waals surface area contributed by atoms with Gasteiger partial charge in [0.25, 0.3) is 0 Å². The fourth-order valence-electron chi connectivity index (χ4n) is 2.02. The highest BCUT2D eigenvalue weighted by atomic mass is 35.6. The Labute approximate surface area is 108 Å². The van der Waals surface area contributed by atoms with Crippen LogP contribution in [-0.2, 0) is 0 Å². The molecule has 0 rings (SSSR count). The normalized spacial score (nSPS) is 11.7. The Kier molecular flexibility index (Phi) is 10.6. The molecule has 0 saturated carbocycles. The van der Waals surface area contributed by atoms with Crippen LogP contribution in [0.25, 0.3) is 0 Å². The van der Waals surface area contributed by atoms with Crippen molar-refractivity contribution in [2.75, 3.05) is 0 Å². The van der Waals surface area contributed by atoms with E-state index in [0.29, 0.717) is 0 Å². The lowest BCUT2D eigenvalue weighted by atomic mass is 10.2. The van der Waals surface area contributed by atoms with Gasteiger partial charge in [0.15, 0.2) is 7.38 Å². The zero-order chi connectivity index (χ0) is 12.3. The van der Waals surface area contributed by atoms with Crippen LogP contribution in [-0.4, -0.2) is 7.38 Å². The molecule has 0 atom stereocenters. The zero-order valence-electron chi connectivity index (χ0n) is 11.2. The van der Waals surface area contributed by atoms with Gasteiger partial charge in [0.1, 0.15) is 0 Å². The fraction of sp³-hybridized carbons (Fsp3) is 0.857. The van der Waals surface area contributed by atoms with Crippen LogP contribution in [0.4, 0.5) is 0 Å². The van der Waals surface area contributed by atoms with Gasteiger partial charge in [0.2, 0.25) is 0 Å². The van der Waals surface area contributed by atoms with Crippen molar-refractivity contribution in [3.63, 3.8) is 0 Å². The molecule has 0 aliphatic carbocycles. The van der Waals surface area contributed by atoms with E-state index >= 15 is 0 Å². The highest BCUT2D eigenvalue weighted by Crippen LogP contribution is 2.27. The predicted molar refractivity (Wildman–Crippen MR) is 79.7 cm³/mol. The summed E-state index contributed by atoms with van der Waals surface area (Å²) in [6, 6.07) is 2.48. The lowest BCUT2D eigenvalue weighted by Gasteiger charge is -2.20. The van der Waals surface area contributed by atoms with Crippen molar-refractivity contribution in [2.45, 2.75) is 77.3 Å². The first-order valence-electron chi connectivity index (χ1n) is 7.01. The molecule has 0 bridgehead atoms. The van der Waals surface area contributed by atoms with Gasteiger partial charge in [0, 0.05) is 0 Å². The summed E-state index contributed by atoms with van der Waals surface area (Å²) in [6.45, 7) is 8.47. The third-order valence-electron chi connectivity index (χ3n) is 3.26. The summed E-state index contributed by atoms with van der Waals surface area (Å²) >= 11 is 6.70. The highest BCUT2D eigenvalue weighted by Gasteiger charge is 2.25. The van der Waals surface area contributed by atoms with Gasteiger partial charge in [-0.25, -0.2) is 0 Å². The molecule has 0 aromatic carbocycles. The van der Waals surface area contributed by atoms with E-state index in [0.717, 1.165) is 0 Å². The maximum atomic E-state index is 6.70. The Morgan fingerprint density at radius 3 is 1.62 bits per heavy atom. The molecule has 0 aliphatic rings. The second-order valence-electron chi connectivity index (χ2n) is 4.86. The fourth-order valence-corrected chi connectivity index (χ4v) is 5.16. The lowest BCUT2D eigenvalue weighted by Crippen LogP contribution is -2.23. The molecule has 0 radical (unpaired) electrons. The molecular weight excluding hydrogens is 232 g/mol. The molecule has 2 heteroatoms. The lowest BCUT2D eigenvalue weighted by molar-refractivity contribution is 0.685. The first-order chi connectivity index (χ1) is 7.68. The van der Waals surface area contributed by atoms with Crippen LogP contribution in [0.2, 0.25) is 12.1 Å². The topological polar surface area (TPSA) is 0 Å². The Hall–Kier alpha value is 0.247. The number of hydrogen-bond donors (Lipinski definition) is 0. The van der Waals surface area contributed by atoms with Gasteiger partial charge in [-0.1, -0.05) is 70.9 Å². The molecule has 16 heavy (non-hydrogen) atoms. The van der Waals surface area contributed by atoms with Crippen molar-refractivity contribution in [1.82, 2.24) is 0 Å². The molecule has 0 aromatic rings. The summed E-state index contributed by atoms with van der Waals surface area (Å²) < 4.78 is 0. The van der Waals surface area contributed by atoms with E-state index in [2.05, 4.69) is 26.1 Å². The van der Waals surface area contributed by atoms with Crippen LogP contribution in [0.3, 0.4) is 0 Å². The summed E-state index contributed by atoms with van der Waals surface area (Å²) in [7, 11) is -1.59. The Morgan fingerprint density at radius 2 is 1.31 bits per heavy atom. The second-order valence-corrected chi connectivity index (χ2v) is 10.6. The van der Waals surface area contributed by atoms with Crippen LogP contribution in [0.5, 0.6) is 0 Å².